The molecule has 0 radical (unpaired) electrons. The molecule has 0 spiro atoms. The lowest BCUT2D eigenvalue weighted by Gasteiger charge is -2.03. The number of aldehydes is 1. The summed E-state index contributed by atoms with van der Waals surface area (Å²) in [6.07, 6.45) is 0.442. The van der Waals surface area contributed by atoms with Gasteiger partial charge in [-0.3, -0.25) is 9.59 Å². The predicted molar refractivity (Wildman–Crippen MR) is 48.2 cm³/mol. The Balaban J connectivity index is 3.52. The molecular formula is C10H7NO3. The van der Waals surface area contributed by atoms with Crippen molar-refractivity contribution in [1.29, 1.82) is 5.26 Å². The lowest BCUT2D eigenvalue weighted by molar-refractivity contribution is 0.100. The van der Waals surface area contributed by atoms with Crippen LogP contribution in [0, 0.1) is 11.3 Å². The van der Waals surface area contributed by atoms with Crippen LogP contribution >= 0.6 is 0 Å². The van der Waals surface area contributed by atoms with Crippen molar-refractivity contribution in [3.8, 4) is 11.8 Å². The van der Waals surface area contributed by atoms with Gasteiger partial charge in [0.25, 0.3) is 0 Å². The normalized spacial score (nSPS) is 9.14. The molecule has 1 aromatic rings. The monoisotopic (exact) mass is 189 g/mol. The third-order valence-electron chi connectivity index (χ3n) is 1.76. The molecule has 0 fully saturated rings. The molecule has 70 valence electrons. The first-order chi connectivity index (χ1) is 6.60. The van der Waals surface area contributed by atoms with Gasteiger partial charge in [-0.25, -0.2) is 0 Å². The summed E-state index contributed by atoms with van der Waals surface area (Å²) in [6, 6.07) is 4.20. The Morgan fingerprint density at radius 3 is 2.64 bits per heavy atom. The van der Waals surface area contributed by atoms with E-state index >= 15 is 0 Å². The summed E-state index contributed by atoms with van der Waals surface area (Å²) in [5.74, 6) is -0.743. The number of nitriles is 1. The van der Waals surface area contributed by atoms with Crippen LogP contribution in [0.15, 0.2) is 12.1 Å². The number of rotatable bonds is 2. The summed E-state index contributed by atoms with van der Waals surface area (Å²) in [6.45, 7) is 1.24. The van der Waals surface area contributed by atoms with Crippen LogP contribution in [0.1, 0.15) is 33.2 Å². The maximum Gasteiger partial charge on any atom is 0.164 e. The Hall–Kier alpha value is -2.15. The van der Waals surface area contributed by atoms with Crippen molar-refractivity contribution < 1.29 is 14.7 Å². The third kappa shape index (κ3) is 1.62. The zero-order valence-electron chi connectivity index (χ0n) is 7.44. The highest BCUT2D eigenvalue weighted by atomic mass is 16.3. The maximum absolute atomic E-state index is 11.0. The number of ketones is 1. The first-order valence-corrected chi connectivity index (χ1v) is 3.83. The Bertz CT molecular complexity index is 443. The maximum atomic E-state index is 11.0. The number of carbonyl (C=O) groups excluding carboxylic acids is 2. The molecule has 0 amide bonds. The second-order valence-electron chi connectivity index (χ2n) is 2.75. The number of Topliss-reactive ketones (excluding diaryl/α,β-unsaturated/α-hetero) is 1. The summed E-state index contributed by atoms with van der Waals surface area (Å²) in [5.41, 5.74) is 0.141. The lowest BCUT2D eigenvalue weighted by Crippen LogP contribution is -2.00. The van der Waals surface area contributed by atoms with E-state index in [1.807, 2.05) is 0 Å². The molecule has 0 aromatic heterocycles. The number of nitrogens with zero attached hydrogens (tertiary/aromatic N) is 1. The molecule has 0 saturated heterocycles. The summed E-state index contributed by atoms with van der Waals surface area (Å²) < 4.78 is 0. The average Bonchev–Trinajstić information content (AvgIpc) is 2.15. The van der Waals surface area contributed by atoms with Crippen molar-refractivity contribution in [2.24, 2.45) is 0 Å². The molecule has 4 heteroatoms. The Kier molecular flexibility index (Phi) is 2.63. The molecule has 0 unspecified atom stereocenters. The molecule has 1 rings (SSSR count). The predicted octanol–water partition coefficient (Wildman–Crippen LogP) is 1.28. The Morgan fingerprint density at radius 2 is 2.21 bits per heavy atom. The van der Waals surface area contributed by atoms with Gasteiger partial charge >= 0.3 is 0 Å². The number of benzene rings is 1. The van der Waals surface area contributed by atoms with Crippen LogP contribution in [-0.2, 0) is 0 Å². The summed E-state index contributed by atoms with van der Waals surface area (Å²) >= 11 is 0. The number of carbonyl (C=O) groups is 2. The van der Waals surface area contributed by atoms with E-state index in [4.69, 9.17) is 5.26 Å². The number of aromatic hydroxyl groups is 1. The average molecular weight is 189 g/mol. The minimum atomic E-state index is -0.408. The van der Waals surface area contributed by atoms with Gasteiger partial charge in [0.1, 0.15) is 5.75 Å². The Morgan fingerprint density at radius 1 is 1.57 bits per heavy atom. The molecule has 0 heterocycles. The number of phenolic OH excluding ortho intramolecular Hbond substituents is 1. The van der Waals surface area contributed by atoms with E-state index in [2.05, 4.69) is 0 Å². The molecule has 14 heavy (non-hydrogen) atoms. The number of hydrogen-bond donors (Lipinski definition) is 1. The van der Waals surface area contributed by atoms with Crippen LogP contribution in [0.3, 0.4) is 0 Å². The number of hydrogen-bond acceptors (Lipinski definition) is 4. The Labute approximate surface area is 80.4 Å². The summed E-state index contributed by atoms with van der Waals surface area (Å²) in [4.78, 5) is 21.6. The van der Waals surface area contributed by atoms with Crippen LogP contribution < -0.4 is 0 Å². The first-order valence-electron chi connectivity index (χ1n) is 3.83. The molecule has 1 N–H and O–H groups in total. The third-order valence-corrected chi connectivity index (χ3v) is 1.76. The van der Waals surface area contributed by atoms with E-state index in [0.717, 1.165) is 6.07 Å². The van der Waals surface area contributed by atoms with Crippen molar-refractivity contribution in [2.45, 2.75) is 6.92 Å². The highest BCUT2D eigenvalue weighted by Crippen LogP contribution is 2.22. The van der Waals surface area contributed by atoms with Gasteiger partial charge in [-0.2, -0.15) is 5.26 Å². The van der Waals surface area contributed by atoms with Crippen LogP contribution in [0.2, 0.25) is 0 Å². The van der Waals surface area contributed by atoms with Gasteiger partial charge in [0.15, 0.2) is 12.1 Å². The van der Waals surface area contributed by atoms with Gasteiger partial charge in [0.2, 0.25) is 0 Å². The van der Waals surface area contributed by atoms with Crippen molar-refractivity contribution in [1.82, 2.24) is 0 Å². The first kappa shape index (κ1) is 9.93. The van der Waals surface area contributed by atoms with Crippen molar-refractivity contribution in [3.05, 3.63) is 28.8 Å². The quantitative estimate of drug-likeness (QED) is 0.561. The van der Waals surface area contributed by atoms with E-state index in [9.17, 15) is 14.7 Å². The molecule has 0 aliphatic rings. The second-order valence-corrected chi connectivity index (χ2v) is 2.75. The molecule has 4 nitrogen and oxygen atoms in total. The zero-order valence-corrected chi connectivity index (χ0v) is 7.44. The highest BCUT2D eigenvalue weighted by Gasteiger charge is 2.13. The van der Waals surface area contributed by atoms with Crippen molar-refractivity contribution in [2.75, 3.05) is 0 Å². The molecule has 0 aliphatic carbocycles. The van der Waals surface area contributed by atoms with Gasteiger partial charge in [0.05, 0.1) is 17.2 Å². The fraction of sp³-hybridized carbons (Fsp3) is 0.100. The van der Waals surface area contributed by atoms with E-state index < -0.39 is 5.78 Å². The molecule has 0 aliphatic heterocycles. The van der Waals surface area contributed by atoms with Gasteiger partial charge in [-0.1, -0.05) is 0 Å². The largest absolute Gasteiger partial charge is 0.507 e. The fourth-order valence-electron chi connectivity index (χ4n) is 1.19. The smallest absolute Gasteiger partial charge is 0.164 e. The molecular weight excluding hydrogens is 182 g/mol. The zero-order chi connectivity index (χ0) is 10.7. The van der Waals surface area contributed by atoms with Gasteiger partial charge in [-0.05, 0) is 19.1 Å². The fourth-order valence-corrected chi connectivity index (χ4v) is 1.19. The van der Waals surface area contributed by atoms with E-state index in [-0.39, 0.29) is 22.4 Å². The second kappa shape index (κ2) is 3.71. The highest BCUT2D eigenvalue weighted by molar-refractivity contribution is 6.04. The molecule has 0 atom stereocenters. The topological polar surface area (TPSA) is 78.2 Å². The lowest BCUT2D eigenvalue weighted by atomic mass is 10.0. The van der Waals surface area contributed by atoms with E-state index in [1.54, 1.807) is 6.07 Å². The van der Waals surface area contributed by atoms with Gasteiger partial charge in [0, 0.05) is 5.56 Å². The SMILES string of the molecule is CC(=O)c1c(O)cc(C#N)cc1C=O. The van der Waals surface area contributed by atoms with E-state index in [0.29, 0.717) is 6.29 Å². The minimum absolute atomic E-state index is 0.0362. The molecule has 0 saturated carbocycles. The van der Waals surface area contributed by atoms with Crippen molar-refractivity contribution in [3.63, 3.8) is 0 Å². The summed E-state index contributed by atoms with van der Waals surface area (Å²) in [7, 11) is 0. The van der Waals surface area contributed by atoms with Crippen molar-refractivity contribution >= 4 is 12.1 Å². The van der Waals surface area contributed by atoms with Crippen LogP contribution in [0.25, 0.3) is 0 Å². The van der Waals surface area contributed by atoms with Crippen LogP contribution in [0.4, 0.5) is 0 Å². The van der Waals surface area contributed by atoms with E-state index in [1.165, 1.54) is 13.0 Å². The van der Waals surface area contributed by atoms with Crippen LogP contribution in [-0.4, -0.2) is 17.2 Å². The number of phenols is 1. The standard InChI is InChI=1S/C10H7NO3/c1-6(13)10-8(5-12)2-7(4-11)3-9(10)14/h2-3,5,14H,1H3. The molecule has 1 aromatic carbocycles. The molecule has 0 bridgehead atoms. The van der Waals surface area contributed by atoms with Crippen LogP contribution in [0.5, 0.6) is 5.75 Å². The summed E-state index contributed by atoms with van der Waals surface area (Å²) in [5, 5.41) is 17.9. The minimum Gasteiger partial charge on any atom is -0.507 e. The van der Waals surface area contributed by atoms with Gasteiger partial charge in [-0.15, -0.1) is 0 Å². The van der Waals surface area contributed by atoms with Gasteiger partial charge < -0.3 is 5.11 Å².